The van der Waals surface area contributed by atoms with Crippen molar-refractivity contribution in [3.63, 3.8) is 0 Å². The number of carbonyl (C=O) groups is 1. The summed E-state index contributed by atoms with van der Waals surface area (Å²) in [5.74, 6) is -1.16. The van der Waals surface area contributed by atoms with Crippen molar-refractivity contribution in [2.45, 2.75) is 12.8 Å². The van der Waals surface area contributed by atoms with Gasteiger partial charge in [0.15, 0.2) is 0 Å². The molecule has 0 aliphatic carbocycles. The second-order valence-electron chi connectivity index (χ2n) is 2.22. The van der Waals surface area contributed by atoms with E-state index in [1.54, 1.807) is 0 Å². The van der Waals surface area contributed by atoms with Crippen LogP contribution in [0.15, 0.2) is 0 Å². The minimum atomic E-state index is -5.16. The molecule has 0 saturated heterocycles. The lowest BCUT2D eigenvalue weighted by Crippen LogP contribution is -2.16. The van der Waals surface area contributed by atoms with E-state index in [0.717, 1.165) is 0 Å². The molecule has 0 aromatic rings. The van der Waals surface area contributed by atoms with Crippen molar-refractivity contribution in [2.75, 3.05) is 6.61 Å². The van der Waals surface area contributed by atoms with E-state index in [-0.39, 0.29) is 12.8 Å². The molecule has 0 saturated carbocycles. The third kappa shape index (κ3) is 9.55. The molecule has 0 aromatic carbocycles. The Morgan fingerprint density at radius 1 is 1.20 bits per heavy atom. The molecule has 0 fully saturated rings. The van der Waals surface area contributed by atoms with Gasteiger partial charge in [-0.2, -0.15) is 16.8 Å². The topological polar surface area (TPSA) is 144 Å². The molecule has 0 spiro atoms. The van der Waals surface area contributed by atoms with Gasteiger partial charge in [-0.25, -0.2) is 4.18 Å². The van der Waals surface area contributed by atoms with Crippen LogP contribution in [0.5, 0.6) is 0 Å². The Bertz CT molecular complexity index is 403. The second-order valence-corrected chi connectivity index (χ2v) is 4.68. The molecule has 0 radical (unpaired) electrons. The zero-order valence-electron chi connectivity index (χ0n) is 7.19. The van der Waals surface area contributed by atoms with Crippen LogP contribution >= 0.6 is 0 Å². The van der Waals surface area contributed by atoms with Gasteiger partial charge in [-0.1, -0.05) is 0 Å². The maximum Gasteiger partial charge on any atom is 0.416 e. The van der Waals surface area contributed by atoms with Gasteiger partial charge < -0.3 is 5.11 Å². The van der Waals surface area contributed by atoms with Gasteiger partial charge in [-0.05, 0) is 6.42 Å². The predicted octanol–water partition coefficient (Wildman–Crippen LogP) is -1.07. The zero-order valence-corrected chi connectivity index (χ0v) is 8.82. The summed E-state index contributed by atoms with van der Waals surface area (Å²) in [6.07, 6.45) is -0.495. The Kier molecular flexibility index (Phi) is 5.10. The van der Waals surface area contributed by atoms with Gasteiger partial charge >= 0.3 is 26.8 Å². The number of hydrogen-bond donors (Lipinski definition) is 2. The minimum absolute atomic E-state index is 0.149. The van der Waals surface area contributed by atoms with Gasteiger partial charge in [-0.3, -0.25) is 9.35 Å². The monoisotopic (exact) mass is 264 g/mol. The highest BCUT2D eigenvalue weighted by molar-refractivity contribution is 7.94. The lowest BCUT2D eigenvalue weighted by atomic mass is 10.3. The lowest BCUT2D eigenvalue weighted by Gasteiger charge is -2.01. The normalized spacial score (nSPS) is 12.6. The van der Waals surface area contributed by atoms with E-state index in [4.69, 9.17) is 9.66 Å². The van der Waals surface area contributed by atoms with E-state index >= 15 is 0 Å². The molecule has 0 aromatic heterocycles. The van der Waals surface area contributed by atoms with Gasteiger partial charge in [-0.15, -0.1) is 3.63 Å². The Morgan fingerprint density at radius 2 is 1.73 bits per heavy atom. The smallest absolute Gasteiger partial charge is 0.416 e. The Morgan fingerprint density at radius 3 is 2.13 bits per heavy atom. The van der Waals surface area contributed by atoms with Crippen LogP contribution in [0.25, 0.3) is 0 Å². The number of carboxylic acids is 1. The molecule has 0 atom stereocenters. The maximum absolute atomic E-state index is 10.6. The first-order valence-corrected chi connectivity index (χ1v) is 6.12. The summed E-state index contributed by atoms with van der Waals surface area (Å²) < 4.78 is 56.1. The number of rotatable bonds is 7. The van der Waals surface area contributed by atoms with Crippen LogP contribution in [0.2, 0.25) is 0 Å². The van der Waals surface area contributed by atoms with Crippen LogP contribution in [0.4, 0.5) is 0 Å². The van der Waals surface area contributed by atoms with Crippen LogP contribution in [0, 0.1) is 0 Å². The Balaban J connectivity index is 4.02. The quantitative estimate of drug-likeness (QED) is 0.433. The molecule has 0 amide bonds. The summed E-state index contributed by atoms with van der Waals surface area (Å²) in [6.45, 7) is -0.565. The molecule has 0 bridgehead atoms. The van der Waals surface area contributed by atoms with Gasteiger partial charge in [0.05, 0.1) is 6.61 Å². The van der Waals surface area contributed by atoms with Crippen molar-refractivity contribution in [1.82, 2.24) is 0 Å². The van der Waals surface area contributed by atoms with Crippen LogP contribution in [0.1, 0.15) is 12.8 Å². The number of carboxylic acid groups (broad SMARTS) is 1. The van der Waals surface area contributed by atoms with Gasteiger partial charge in [0.25, 0.3) is 0 Å². The van der Waals surface area contributed by atoms with Gasteiger partial charge in [0, 0.05) is 6.42 Å². The highest BCUT2D eigenvalue weighted by atomic mass is 32.3. The van der Waals surface area contributed by atoms with Crippen LogP contribution in [-0.4, -0.2) is 39.1 Å². The largest absolute Gasteiger partial charge is 0.481 e. The van der Waals surface area contributed by atoms with Crippen molar-refractivity contribution >= 4 is 26.8 Å². The second kappa shape index (κ2) is 5.37. The molecular weight excluding hydrogens is 256 g/mol. The van der Waals surface area contributed by atoms with Crippen molar-refractivity contribution < 1.29 is 39.1 Å². The van der Waals surface area contributed by atoms with E-state index in [1.165, 1.54) is 0 Å². The van der Waals surface area contributed by atoms with E-state index in [0.29, 0.717) is 0 Å². The summed E-state index contributed by atoms with van der Waals surface area (Å²) in [5, 5.41) is 8.16. The Hall–Kier alpha value is -0.750. The first-order valence-electron chi connectivity index (χ1n) is 3.42. The molecule has 90 valence electrons. The third-order valence-electron chi connectivity index (χ3n) is 0.932. The standard InChI is InChI=1S/C4H8O9S2/c5-4(6)2-1-3-12-15(10,11)13-14(7,8)9/h1-3H2,(H,5,6)(H,7,8,9). The fourth-order valence-electron chi connectivity index (χ4n) is 0.509. The molecule has 0 rings (SSSR count). The first-order chi connectivity index (χ1) is 6.62. The highest BCUT2D eigenvalue weighted by Gasteiger charge is 2.21. The van der Waals surface area contributed by atoms with Crippen molar-refractivity contribution in [2.24, 2.45) is 0 Å². The molecular formula is C4H8O9S2. The zero-order chi connectivity index (χ0) is 12.1. The average molecular weight is 264 g/mol. The van der Waals surface area contributed by atoms with Crippen LogP contribution < -0.4 is 0 Å². The van der Waals surface area contributed by atoms with E-state index in [2.05, 4.69) is 7.81 Å². The highest BCUT2D eigenvalue weighted by Crippen LogP contribution is 2.02. The van der Waals surface area contributed by atoms with Crippen molar-refractivity contribution in [3.05, 3.63) is 0 Å². The molecule has 0 unspecified atom stereocenters. The molecule has 11 heteroatoms. The molecule has 0 heterocycles. The van der Waals surface area contributed by atoms with Crippen LogP contribution in [-0.2, 0) is 33.4 Å². The fourth-order valence-corrected chi connectivity index (χ4v) is 1.83. The Labute approximate surface area is 85.9 Å². The first kappa shape index (κ1) is 14.2. The molecule has 15 heavy (non-hydrogen) atoms. The van der Waals surface area contributed by atoms with Crippen LogP contribution in [0.3, 0.4) is 0 Å². The van der Waals surface area contributed by atoms with E-state index in [1.807, 2.05) is 0 Å². The molecule has 9 nitrogen and oxygen atoms in total. The van der Waals surface area contributed by atoms with Gasteiger partial charge in [0.1, 0.15) is 0 Å². The third-order valence-corrected chi connectivity index (χ3v) is 2.74. The average Bonchev–Trinajstić information content (AvgIpc) is 1.93. The summed E-state index contributed by atoms with van der Waals surface area (Å²) in [5.41, 5.74) is 0. The van der Waals surface area contributed by atoms with Gasteiger partial charge in [0.2, 0.25) is 0 Å². The SMILES string of the molecule is O=C(O)CCCOS(=O)(=O)OS(=O)(=O)O. The number of hydrogen-bond acceptors (Lipinski definition) is 7. The van der Waals surface area contributed by atoms with E-state index < -0.39 is 33.4 Å². The summed E-state index contributed by atoms with van der Waals surface area (Å²) in [6, 6.07) is 0. The molecule has 0 aliphatic rings. The summed E-state index contributed by atoms with van der Waals surface area (Å²) >= 11 is 0. The lowest BCUT2D eigenvalue weighted by molar-refractivity contribution is -0.137. The van der Waals surface area contributed by atoms with Crippen molar-refractivity contribution in [1.29, 1.82) is 0 Å². The van der Waals surface area contributed by atoms with E-state index in [9.17, 15) is 21.6 Å². The fraction of sp³-hybridized carbons (Fsp3) is 0.750. The molecule has 0 aliphatic heterocycles. The van der Waals surface area contributed by atoms with Crippen molar-refractivity contribution in [3.8, 4) is 0 Å². The summed E-state index contributed by atoms with van der Waals surface area (Å²) in [4.78, 5) is 9.98. The maximum atomic E-state index is 10.6. The summed E-state index contributed by atoms with van der Waals surface area (Å²) in [7, 11) is -10.0. The minimum Gasteiger partial charge on any atom is -0.481 e. The number of aliphatic carboxylic acids is 1. The predicted molar refractivity (Wildman–Crippen MR) is 44.4 cm³/mol. The molecule has 2 N–H and O–H groups in total.